The van der Waals surface area contributed by atoms with Crippen LogP contribution in [0.1, 0.15) is 27.9 Å². The molecular formula is C25H27N3O5. The van der Waals surface area contributed by atoms with E-state index in [-0.39, 0.29) is 13.2 Å². The third-order valence-electron chi connectivity index (χ3n) is 5.86. The Hall–Kier alpha value is -3.94. The molecule has 172 valence electrons. The number of methoxy groups -OCH3 is 1. The van der Waals surface area contributed by atoms with E-state index in [0.717, 1.165) is 28.1 Å². The molecule has 0 saturated heterocycles. The van der Waals surface area contributed by atoms with E-state index >= 15 is 0 Å². The minimum absolute atomic E-state index is 0.0236. The number of hydrogen-bond acceptors (Lipinski definition) is 5. The molecule has 33 heavy (non-hydrogen) atoms. The lowest BCUT2D eigenvalue weighted by Crippen LogP contribution is -2.21. The van der Waals surface area contributed by atoms with Gasteiger partial charge in [-0.2, -0.15) is 0 Å². The molecule has 0 atom stereocenters. The van der Waals surface area contributed by atoms with E-state index in [4.69, 9.17) is 14.2 Å². The van der Waals surface area contributed by atoms with Crippen LogP contribution in [0, 0.1) is 0 Å². The van der Waals surface area contributed by atoms with Crippen LogP contribution in [0.5, 0.6) is 5.75 Å². The first-order valence-electron chi connectivity index (χ1n) is 10.7. The van der Waals surface area contributed by atoms with Gasteiger partial charge in [0.05, 0.1) is 12.8 Å². The Morgan fingerprint density at radius 2 is 1.48 bits per heavy atom. The highest BCUT2D eigenvalue weighted by Gasteiger charge is 2.30. The maximum Gasteiger partial charge on any atom is 0.407 e. The summed E-state index contributed by atoms with van der Waals surface area (Å²) in [4.78, 5) is 23.8. The van der Waals surface area contributed by atoms with Gasteiger partial charge in [0.1, 0.15) is 19.0 Å². The second-order valence-electron chi connectivity index (χ2n) is 7.64. The van der Waals surface area contributed by atoms with Gasteiger partial charge in [0.2, 0.25) is 0 Å². The SMILES string of the molecule is CNC(=O)OCc1c(COC(=O)NC)c(-c2ccccc2OC)n2c1Cc1ccccc1C2. The van der Waals surface area contributed by atoms with Crippen molar-refractivity contribution in [1.82, 2.24) is 15.2 Å². The van der Waals surface area contributed by atoms with Crippen LogP contribution in [0.2, 0.25) is 0 Å². The number of nitrogens with one attached hydrogen (secondary N) is 2. The van der Waals surface area contributed by atoms with Gasteiger partial charge in [-0.1, -0.05) is 36.4 Å². The molecule has 0 aliphatic carbocycles. The van der Waals surface area contributed by atoms with Gasteiger partial charge in [0.15, 0.2) is 0 Å². The number of rotatable bonds is 6. The summed E-state index contributed by atoms with van der Waals surface area (Å²) in [6.07, 6.45) is -0.389. The lowest BCUT2D eigenvalue weighted by atomic mass is 9.97. The number of nitrogens with zero attached hydrogens (tertiary/aromatic N) is 1. The molecule has 0 bridgehead atoms. The fraction of sp³-hybridized carbons (Fsp3) is 0.280. The van der Waals surface area contributed by atoms with E-state index in [1.807, 2.05) is 36.4 Å². The average Bonchev–Trinajstić information content (AvgIpc) is 3.15. The zero-order valence-corrected chi connectivity index (χ0v) is 18.9. The molecule has 0 radical (unpaired) electrons. The van der Waals surface area contributed by atoms with Crippen LogP contribution in [0.4, 0.5) is 9.59 Å². The predicted molar refractivity (Wildman–Crippen MR) is 123 cm³/mol. The predicted octanol–water partition coefficient (Wildman–Crippen LogP) is 3.83. The van der Waals surface area contributed by atoms with Crippen LogP contribution in [0.15, 0.2) is 48.5 Å². The number of hydrogen-bond donors (Lipinski definition) is 2. The maximum absolute atomic E-state index is 11.9. The standard InChI is InChI=1S/C25H27N3O5/c1-26-24(29)32-14-19-20(15-33-25(30)27-2)23(18-10-6-7-11-22(18)31-3)28-13-17-9-5-4-8-16(17)12-21(19)28/h4-11H,12-15H2,1-3H3,(H,26,29)(H,27,30). The van der Waals surface area contributed by atoms with E-state index in [1.165, 1.54) is 25.2 Å². The molecule has 3 aromatic rings. The topological polar surface area (TPSA) is 90.8 Å². The lowest BCUT2D eigenvalue weighted by Gasteiger charge is -2.23. The minimum atomic E-state index is -0.536. The van der Waals surface area contributed by atoms with E-state index < -0.39 is 12.2 Å². The molecule has 0 fully saturated rings. The third-order valence-corrected chi connectivity index (χ3v) is 5.86. The number of carbonyl (C=O) groups excluding carboxylic acids is 2. The fourth-order valence-electron chi connectivity index (χ4n) is 4.28. The number of carbonyl (C=O) groups is 2. The summed E-state index contributed by atoms with van der Waals surface area (Å²) < 4.78 is 18.8. The molecule has 2 aromatic carbocycles. The molecule has 0 unspecified atom stereocenters. The van der Waals surface area contributed by atoms with Crippen molar-refractivity contribution in [3.63, 3.8) is 0 Å². The molecule has 2 amide bonds. The van der Waals surface area contributed by atoms with Crippen molar-refractivity contribution in [1.29, 1.82) is 0 Å². The van der Waals surface area contributed by atoms with Crippen LogP contribution in [0.25, 0.3) is 11.3 Å². The van der Waals surface area contributed by atoms with Crippen LogP contribution in [0.3, 0.4) is 0 Å². The number of aromatic nitrogens is 1. The molecular weight excluding hydrogens is 422 g/mol. The van der Waals surface area contributed by atoms with Crippen LogP contribution in [-0.4, -0.2) is 38.0 Å². The first-order valence-corrected chi connectivity index (χ1v) is 10.7. The molecule has 1 aromatic heterocycles. The summed E-state index contributed by atoms with van der Waals surface area (Å²) in [5.74, 6) is 0.705. The summed E-state index contributed by atoms with van der Waals surface area (Å²) in [5.41, 5.74) is 6.84. The first-order chi connectivity index (χ1) is 16.1. The normalized spacial score (nSPS) is 11.7. The van der Waals surface area contributed by atoms with Crippen LogP contribution >= 0.6 is 0 Å². The van der Waals surface area contributed by atoms with E-state index in [2.05, 4.69) is 27.3 Å². The van der Waals surface area contributed by atoms with Crippen molar-refractivity contribution < 1.29 is 23.8 Å². The highest BCUT2D eigenvalue weighted by molar-refractivity contribution is 5.75. The number of benzene rings is 2. The quantitative estimate of drug-likeness (QED) is 0.467. The summed E-state index contributed by atoms with van der Waals surface area (Å²) in [5, 5.41) is 4.97. The maximum atomic E-state index is 11.9. The van der Waals surface area contributed by atoms with Gasteiger partial charge in [0, 0.05) is 49.4 Å². The number of amides is 2. The summed E-state index contributed by atoms with van der Waals surface area (Å²) in [6, 6.07) is 16.0. The Labute approximate surface area is 192 Å². The average molecular weight is 450 g/mol. The van der Waals surface area contributed by atoms with Crippen LogP contribution in [-0.2, 0) is 35.7 Å². The summed E-state index contributed by atoms with van der Waals surface area (Å²) >= 11 is 0. The van der Waals surface area contributed by atoms with Gasteiger partial charge in [-0.3, -0.25) is 0 Å². The van der Waals surface area contributed by atoms with Crippen molar-refractivity contribution in [2.45, 2.75) is 26.2 Å². The minimum Gasteiger partial charge on any atom is -0.496 e. The highest BCUT2D eigenvalue weighted by Crippen LogP contribution is 2.41. The number of fused-ring (bicyclic) bond motifs is 2. The second-order valence-corrected chi connectivity index (χ2v) is 7.64. The molecule has 2 N–H and O–H groups in total. The van der Waals surface area contributed by atoms with Gasteiger partial charge < -0.3 is 29.4 Å². The molecule has 1 aliphatic rings. The molecule has 2 heterocycles. The monoisotopic (exact) mass is 449 g/mol. The molecule has 8 nitrogen and oxygen atoms in total. The fourth-order valence-corrected chi connectivity index (χ4v) is 4.28. The smallest absolute Gasteiger partial charge is 0.407 e. The van der Waals surface area contributed by atoms with Crippen molar-refractivity contribution >= 4 is 12.2 Å². The zero-order valence-electron chi connectivity index (χ0n) is 18.9. The van der Waals surface area contributed by atoms with Crippen LogP contribution < -0.4 is 15.4 Å². The van der Waals surface area contributed by atoms with Crippen molar-refractivity contribution in [3.8, 4) is 17.0 Å². The van der Waals surface area contributed by atoms with Gasteiger partial charge in [-0.25, -0.2) is 9.59 Å². The number of para-hydroxylation sites is 1. The first kappa shape index (κ1) is 22.3. The Morgan fingerprint density at radius 1 is 0.879 bits per heavy atom. The third kappa shape index (κ3) is 4.37. The van der Waals surface area contributed by atoms with Crippen molar-refractivity contribution in [2.75, 3.05) is 21.2 Å². The second kappa shape index (κ2) is 9.68. The van der Waals surface area contributed by atoms with Crippen molar-refractivity contribution in [3.05, 3.63) is 76.5 Å². The number of ether oxygens (including phenoxy) is 3. The number of alkyl carbamates (subject to hydrolysis) is 2. The molecule has 4 rings (SSSR count). The Bertz CT molecular complexity index is 1180. The van der Waals surface area contributed by atoms with Gasteiger partial charge >= 0.3 is 12.2 Å². The summed E-state index contributed by atoms with van der Waals surface area (Å²) in [6.45, 7) is 0.723. The van der Waals surface area contributed by atoms with Gasteiger partial charge in [-0.05, 0) is 23.3 Å². The van der Waals surface area contributed by atoms with E-state index in [0.29, 0.717) is 18.7 Å². The molecule has 0 saturated carbocycles. The highest BCUT2D eigenvalue weighted by atomic mass is 16.6. The Balaban J connectivity index is 1.91. The Morgan fingerprint density at radius 3 is 2.15 bits per heavy atom. The van der Waals surface area contributed by atoms with Crippen molar-refractivity contribution in [2.24, 2.45) is 0 Å². The van der Waals surface area contributed by atoms with Gasteiger partial charge in [0.25, 0.3) is 0 Å². The lowest BCUT2D eigenvalue weighted by molar-refractivity contribution is 0.134. The van der Waals surface area contributed by atoms with Gasteiger partial charge in [-0.15, -0.1) is 0 Å². The largest absolute Gasteiger partial charge is 0.496 e. The van der Waals surface area contributed by atoms with E-state index in [1.54, 1.807) is 7.11 Å². The summed E-state index contributed by atoms with van der Waals surface area (Å²) in [7, 11) is 4.66. The molecule has 8 heteroatoms. The molecule has 0 spiro atoms. The molecule has 1 aliphatic heterocycles. The Kier molecular flexibility index (Phi) is 6.53. The zero-order chi connectivity index (χ0) is 23.4. The van der Waals surface area contributed by atoms with E-state index in [9.17, 15) is 9.59 Å².